The molecule has 1 amide bonds. The van der Waals surface area contributed by atoms with Crippen LogP contribution in [0.15, 0.2) is 18.3 Å². The molecule has 0 saturated heterocycles. The van der Waals surface area contributed by atoms with Crippen LogP contribution in [0.25, 0.3) is 10.9 Å². The molecule has 0 spiro atoms. The first-order valence-corrected chi connectivity index (χ1v) is 10.6. The van der Waals surface area contributed by atoms with Gasteiger partial charge in [0.15, 0.2) is 0 Å². The van der Waals surface area contributed by atoms with Crippen LogP contribution in [0.2, 0.25) is 0 Å². The van der Waals surface area contributed by atoms with Gasteiger partial charge in [-0.25, -0.2) is 4.39 Å². The predicted octanol–water partition coefficient (Wildman–Crippen LogP) is 4.30. The van der Waals surface area contributed by atoms with Gasteiger partial charge in [-0.2, -0.15) is 0 Å². The topological polar surface area (TPSA) is 66.0 Å². The molecule has 0 unspecified atom stereocenters. The molecule has 6 rings (SSSR count). The minimum atomic E-state index is -0.302. The number of benzene rings is 1. The second-order valence-corrected chi connectivity index (χ2v) is 8.59. The lowest BCUT2D eigenvalue weighted by atomic mass is 9.52. The summed E-state index contributed by atoms with van der Waals surface area (Å²) in [6, 6.07) is 4.00. The molecule has 3 N–H and O–H groups in total. The van der Waals surface area contributed by atoms with Crippen LogP contribution in [0.3, 0.4) is 0 Å². The number of nitrogens with one attached hydrogen (secondary N) is 3. The van der Waals surface area contributed by atoms with E-state index in [1.807, 2.05) is 6.07 Å². The van der Waals surface area contributed by atoms with Crippen LogP contribution in [-0.2, 0) is 0 Å². The van der Waals surface area contributed by atoms with E-state index in [9.17, 15) is 9.18 Å². The van der Waals surface area contributed by atoms with E-state index in [2.05, 4.69) is 27.9 Å². The van der Waals surface area contributed by atoms with Crippen molar-refractivity contribution in [1.29, 1.82) is 0 Å². The van der Waals surface area contributed by atoms with E-state index in [-0.39, 0.29) is 17.8 Å². The molecule has 5 nitrogen and oxygen atoms in total. The first-order chi connectivity index (χ1) is 13.6. The summed E-state index contributed by atoms with van der Waals surface area (Å²) in [5, 5.41) is 10.7. The Morgan fingerprint density at radius 1 is 1.25 bits per heavy atom. The summed E-state index contributed by atoms with van der Waals surface area (Å²) in [6.45, 7) is 2.84. The Labute approximate surface area is 164 Å². The minimum Gasteiger partial charge on any atom is -0.383 e. The molecule has 4 saturated carbocycles. The number of nitrogens with zero attached hydrogens (tertiary/aromatic N) is 1. The zero-order chi connectivity index (χ0) is 19.3. The highest BCUT2D eigenvalue weighted by molar-refractivity contribution is 6.08. The van der Waals surface area contributed by atoms with Crippen LogP contribution in [0.4, 0.5) is 15.8 Å². The normalized spacial score (nSPS) is 25.0. The van der Waals surface area contributed by atoms with Crippen molar-refractivity contribution in [2.45, 2.75) is 57.5 Å². The fourth-order valence-electron chi connectivity index (χ4n) is 4.26. The van der Waals surface area contributed by atoms with E-state index in [0.29, 0.717) is 34.6 Å². The number of aromatic nitrogens is 1. The molecule has 2 aromatic rings. The Hall–Kier alpha value is -2.37. The van der Waals surface area contributed by atoms with Crippen molar-refractivity contribution < 1.29 is 9.18 Å². The lowest BCUT2D eigenvalue weighted by Gasteiger charge is -2.58. The summed E-state index contributed by atoms with van der Waals surface area (Å²) in [5.74, 6) is 1.02. The third-order valence-electron chi connectivity index (χ3n) is 6.50. The molecule has 4 aliphatic rings. The Kier molecular flexibility index (Phi) is 4.37. The average molecular weight is 382 g/mol. The molecular weight excluding hydrogens is 355 g/mol. The standard InChI is InChI=1S/C22H27FN4O/c1-2-3-6-24-19-9-15-18(10-17(19)23)25-11-16(22(28)26-14-4-5-14)21(15)27-20-12-7-13(20)8-12/h9-14,20,24H,2-8H2,1H3,(H,25,27)(H,26,28). The highest BCUT2D eigenvalue weighted by Gasteiger charge is 2.52. The second kappa shape index (κ2) is 6.90. The van der Waals surface area contributed by atoms with Crippen molar-refractivity contribution >= 4 is 28.2 Å². The largest absolute Gasteiger partial charge is 0.383 e. The molecule has 1 aromatic carbocycles. The number of unbranched alkanes of at least 4 members (excludes halogenated alkanes) is 1. The number of fused-ring (bicyclic) bond motifs is 1. The molecule has 6 heteroatoms. The molecule has 1 heterocycles. The summed E-state index contributed by atoms with van der Waals surface area (Å²) in [4.78, 5) is 17.2. The number of hydrogen-bond acceptors (Lipinski definition) is 4. The lowest BCUT2D eigenvalue weighted by Crippen LogP contribution is -2.59. The fourth-order valence-corrected chi connectivity index (χ4v) is 4.26. The van der Waals surface area contributed by atoms with E-state index in [1.165, 1.54) is 18.9 Å². The van der Waals surface area contributed by atoms with Crippen LogP contribution < -0.4 is 16.0 Å². The monoisotopic (exact) mass is 382 g/mol. The van der Waals surface area contributed by atoms with Crippen LogP contribution in [0.1, 0.15) is 55.8 Å². The van der Waals surface area contributed by atoms with Crippen molar-refractivity contribution in [3.63, 3.8) is 0 Å². The van der Waals surface area contributed by atoms with Gasteiger partial charge in [0.2, 0.25) is 0 Å². The van der Waals surface area contributed by atoms with Gasteiger partial charge in [-0.3, -0.25) is 9.78 Å². The van der Waals surface area contributed by atoms with Crippen molar-refractivity contribution in [2.75, 3.05) is 17.2 Å². The number of anilines is 2. The number of amides is 1. The summed E-state index contributed by atoms with van der Waals surface area (Å²) >= 11 is 0. The number of hydrogen-bond donors (Lipinski definition) is 3. The summed E-state index contributed by atoms with van der Waals surface area (Å²) in [5.41, 5.74) is 2.43. The van der Waals surface area contributed by atoms with Crippen molar-refractivity contribution in [2.24, 2.45) is 11.8 Å². The highest BCUT2D eigenvalue weighted by atomic mass is 19.1. The summed E-state index contributed by atoms with van der Waals surface area (Å²) in [6.07, 6.45) is 8.27. The molecule has 0 radical (unpaired) electrons. The maximum atomic E-state index is 14.5. The number of pyridine rings is 1. The van der Waals surface area contributed by atoms with Crippen LogP contribution >= 0.6 is 0 Å². The molecule has 4 fully saturated rings. The quantitative estimate of drug-likeness (QED) is 0.596. The predicted molar refractivity (Wildman–Crippen MR) is 109 cm³/mol. The molecule has 1 aromatic heterocycles. The van der Waals surface area contributed by atoms with E-state index in [0.717, 1.165) is 43.3 Å². The number of rotatable bonds is 8. The van der Waals surface area contributed by atoms with Crippen molar-refractivity contribution in [3.05, 3.63) is 29.7 Å². The minimum absolute atomic E-state index is 0.0859. The van der Waals surface area contributed by atoms with Crippen molar-refractivity contribution in [3.8, 4) is 0 Å². The SMILES string of the molecule is CCCCNc1cc2c(NC3C4CC3C4)c(C(=O)NC3CC3)cnc2cc1F. The molecule has 28 heavy (non-hydrogen) atoms. The number of halogens is 1. The van der Waals surface area contributed by atoms with Gasteiger partial charge in [0.05, 0.1) is 22.5 Å². The average Bonchev–Trinajstić information content (AvgIpc) is 3.42. The molecule has 0 atom stereocenters. The van der Waals surface area contributed by atoms with Gasteiger partial charge in [0.25, 0.3) is 5.91 Å². The summed E-state index contributed by atoms with van der Waals surface area (Å²) in [7, 11) is 0. The van der Waals surface area contributed by atoms with Gasteiger partial charge in [0.1, 0.15) is 5.82 Å². The van der Waals surface area contributed by atoms with E-state index < -0.39 is 0 Å². The Bertz CT molecular complexity index is 912. The van der Waals surface area contributed by atoms with Gasteiger partial charge < -0.3 is 16.0 Å². The van der Waals surface area contributed by atoms with E-state index >= 15 is 0 Å². The molecule has 2 bridgehead atoms. The maximum absolute atomic E-state index is 14.5. The highest BCUT2D eigenvalue weighted by Crippen LogP contribution is 2.55. The third-order valence-corrected chi connectivity index (χ3v) is 6.50. The van der Waals surface area contributed by atoms with Gasteiger partial charge in [-0.05, 0) is 50.0 Å². The first-order valence-electron chi connectivity index (χ1n) is 10.6. The maximum Gasteiger partial charge on any atom is 0.255 e. The Morgan fingerprint density at radius 3 is 2.68 bits per heavy atom. The molecule has 148 valence electrons. The van der Waals surface area contributed by atoms with Crippen LogP contribution in [0.5, 0.6) is 0 Å². The van der Waals surface area contributed by atoms with Crippen LogP contribution in [-0.4, -0.2) is 29.5 Å². The first kappa shape index (κ1) is 17.7. The Balaban J connectivity index is 1.53. The molecule has 4 aliphatic carbocycles. The molecule has 0 aliphatic heterocycles. The number of carbonyl (C=O) groups excluding carboxylic acids is 1. The van der Waals surface area contributed by atoms with Gasteiger partial charge in [0, 0.05) is 36.3 Å². The summed E-state index contributed by atoms with van der Waals surface area (Å²) < 4.78 is 14.5. The van der Waals surface area contributed by atoms with E-state index in [1.54, 1.807) is 6.20 Å². The van der Waals surface area contributed by atoms with Crippen LogP contribution in [0, 0.1) is 17.7 Å². The lowest BCUT2D eigenvalue weighted by molar-refractivity contribution is -0.00385. The van der Waals surface area contributed by atoms with Gasteiger partial charge in [-0.1, -0.05) is 13.3 Å². The van der Waals surface area contributed by atoms with Crippen molar-refractivity contribution in [1.82, 2.24) is 10.3 Å². The van der Waals surface area contributed by atoms with E-state index in [4.69, 9.17) is 0 Å². The zero-order valence-corrected chi connectivity index (χ0v) is 16.2. The Morgan fingerprint density at radius 2 is 2.04 bits per heavy atom. The second-order valence-electron chi connectivity index (χ2n) is 8.59. The third kappa shape index (κ3) is 3.09. The smallest absolute Gasteiger partial charge is 0.255 e. The fraction of sp³-hybridized carbons (Fsp3) is 0.545. The zero-order valence-electron chi connectivity index (χ0n) is 16.2. The van der Waals surface area contributed by atoms with Gasteiger partial charge in [-0.15, -0.1) is 0 Å². The van der Waals surface area contributed by atoms with Gasteiger partial charge >= 0.3 is 0 Å². The molecular formula is C22H27FN4O. The number of carbonyl (C=O) groups is 1.